The topological polar surface area (TPSA) is 135 Å². The number of carbonyl (C=O) groups is 2. The van der Waals surface area contributed by atoms with Crippen molar-refractivity contribution in [1.29, 1.82) is 0 Å². The van der Waals surface area contributed by atoms with Crippen LogP contribution in [-0.2, 0) is 19.6 Å². The van der Waals surface area contributed by atoms with Crippen molar-refractivity contribution in [1.82, 2.24) is 10.0 Å². The van der Waals surface area contributed by atoms with Gasteiger partial charge in [-0.05, 0) is 12.1 Å². The van der Waals surface area contributed by atoms with Crippen molar-refractivity contribution in [2.45, 2.75) is 11.5 Å². The maximum absolute atomic E-state index is 11.8. The summed E-state index contributed by atoms with van der Waals surface area (Å²) < 4.78 is 35.1. The molecule has 9 nitrogen and oxygen atoms in total. The van der Waals surface area contributed by atoms with Gasteiger partial charge in [-0.1, -0.05) is 0 Å². The average Bonchev–Trinajstić information content (AvgIpc) is 2.89. The molecule has 3 N–H and O–H groups in total. The fourth-order valence-corrected chi connectivity index (χ4v) is 2.29. The molecular formula is C11H16N2O7S. The van der Waals surface area contributed by atoms with E-state index in [2.05, 4.69) is 14.5 Å². The molecule has 1 heterocycles. The summed E-state index contributed by atoms with van der Waals surface area (Å²) in [5.74, 6) is -2.18. The average molecular weight is 320 g/mol. The molecule has 0 saturated heterocycles. The predicted molar refractivity (Wildman–Crippen MR) is 70.4 cm³/mol. The first-order chi connectivity index (χ1) is 9.86. The van der Waals surface area contributed by atoms with Crippen LogP contribution in [0.4, 0.5) is 0 Å². The normalized spacial score (nSPS) is 11.3. The molecule has 0 atom stereocenters. The number of carboxylic acids is 1. The third-order valence-electron chi connectivity index (χ3n) is 2.33. The summed E-state index contributed by atoms with van der Waals surface area (Å²) in [6.07, 6.45) is -0.0601. The fraction of sp³-hybridized carbons (Fsp3) is 0.455. The van der Waals surface area contributed by atoms with Gasteiger partial charge in [0, 0.05) is 26.6 Å². The van der Waals surface area contributed by atoms with Crippen LogP contribution in [0.5, 0.6) is 0 Å². The second-order valence-electron chi connectivity index (χ2n) is 3.91. The minimum absolute atomic E-state index is 0.0601. The quantitative estimate of drug-likeness (QED) is 0.517. The van der Waals surface area contributed by atoms with E-state index in [0.717, 1.165) is 12.1 Å². The van der Waals surface area contributed by atoms with Crippen LogP contribution in [0.15, 0.2) is 21.6 Å². The third-order valence-corrected chi connectivity index (χ3v) is 3.66. The molecule has 118 valence electrons. The van der Waals surface area contributed by atoms with Crippen LogP contribution < -0.4 is 10.0 Å². The Labute approximate surface area is 121 Å². The van der Waals surface area contributed by atoms with E-state index in [0.29, 0.717) is 13.2 Å². The number of sulfonamides is 1. The van der Waals surface area contributed by atoms with E-state index < -0.39 is 26.8 Å². The predicted octanol–water partition coefficient (Wildman–Crippen LogP) is -0.591. The van der Waals surface area contributed by atoms with Gasteiger partial charge in [-0.2, -0.15) is 0 Å². The molecule has 0 unspecified atom stereocenters. The number of carboxylic acid groups (broad SMARTS) is 1. The van der Waals surface area contributed by atoms with Gasteiger partial charge in [-0.25, -0.2) is 17.9 Å². The van der Waals surface area contributed by atoms with E-state index in [1.807, 2.05) is 0 Å². The van der Waals surface area contributed by atoms with Crippen LogP contribution in [0.2, 0.25) is 0 Å². The van der Waals surface area contributed by atoms with E-state index in [1.54, 1.807) is 0 Å². The number of carbonyl (C=O) groups excluding carboxylic acids is 1. The number of ether oxygens (including phenoxy) is 1. The monoisotopic (exact) mass is 320 g/mol. The first-order valence-electron chi connectivity index (χ1n) is 5.95. The van der Waals surface area contributed by atoms with Gasteiger partial charge in [0.2, 0.25) is 16.8 Å². The molecular weight excluding hydrogens is 304 g/mol. The molecule has 0 aliphatic carbocycles. The molecule has 21 heavy (non-hydrogen) atoms. The van der Waals surface area contributed by atoms with Crippen LogP contribution in [0.1, 0.15) is 17.0 Å². The Morgan fingerprint density at radius 2 is 2.05 bits per heavy atom. The van der Waals surface area contributed by atoms with E-state index in [1.165, 1.54) is 7.11 Å². The Kier molecular flexibility index (Phi) is 6.34. The number of furan rings is 1. The highest BCUT2D eigenvalue weighted by molar-refractivity contribution is 7.89. The van der Waals surface area contributed by atoms with Crippen molar-refractivity contribution >= 4 is 21.9 Å². The molecule has 0 aliphatic rings. The maximum atomic E-state index is 11.8. The van der Waals surface area contributed by atoms with Gasteiger partial charge in [0.25, 0.3) is 10.0 Å². The van der Waals surface area contributed by atoms with Gasteiger partial charge < -0.3 is 19.6 Å². The van der Waals surface area contributed by atoms with Crippen LogP contribution in [0.3, 0.4) is 0 Å². The first kappa shape index (κ1) is 17.1. The molecule has 0 spiro atoms. The number of aromatic carboxylic acids is 1. The summed E-state index contributed by atoms with van der Waals surface area (Å²) in [7, 11) is -2.48. The van der Waals surface area contributed by atoms with Crippen LogP contribution >= 0.6 is 0 Å². The van der Waals surface area contributed by atoms with Gasteiger partial charge in [0.15, 0.2) is 0 Å². The minimum atomic E-state index is -3.98. The van der Waals surface area contributed by atoms with Crippen molar-refractivity contribution in [3.63, 3.8) is 0 Å². The smallest absolute Gasteiger partial charge is 0.371 e. The second-order valence-corrected chi connectivity index (χ2v) is 5.61. The Hall–Kier alpha value is -1.91. The number of amides is 1. The standard InChI is InChI=1S/C11H16N2O7S/c1-19-7-6-12-9(14)4-5-13-21(17,18)10-3-2-8(20-10)11(15)16/h2-3,13H,4-7H2,1H3,(H,12,14)(H,15,16). The van der Waals surface area contributed by atoms with E-state index >= 15 is 0 Å². The Balaban J connectivity index is 2.46. The van der Waals surface area contributed by atoms with Crippen molar-refractivity contribution in [3.8, 4) is 0 Å². The number of hydrogen-bond acceptors (Lipinski definition) is 6. The van der Waals surface area contributed by atoms with Crippen molar-refractivity contribution in [2.75, 3.05) is 26.8 Å². The Morgan fingerprint density at radius 1 is 1.33 bits per heavy atom. The van der Waals surface area contributed by atoms with Crippen molar-refractivity contribution < 1.29 is 32.3 Å². The van der Waals surface area contributed by atoms with Crippen LogP contribution in [-0.4, -0.2) is 52.2 Å². The maximum Gasteiger partial charge on any atom is 0.371 e. The Bertz CT molecular complexity index is 593. The molecule has 1 rings (SSSR count). The number of rotatable bonds is 9. The lowest BCUT2D eigenvalue weighted by Crippen LogP contribution is -2.32. The van der Waals surface area contributed by atoms with Crippen LogP contribution in [0.25, 0.3) is 0 Å². The third kappa shape index (κ3) is 5.53. The number of methoxy groups -OCH3 is 1. The second kappa shape index (κ2) is 7.76. The molecule has 0 fully saturated rings. The first-order valence-corrected chi connectivity index (χ1v) is 7.43. The molecule has 10 heteroatoms. The van der Waals surface area contributed by atoms with E-state index in [9.17, 15) is 18.0 Å². The SMILES string of the molecule is COCCNC(=O)CCNS(=O)(=O)c1ccc(C(=O)O)o1. The Morgan fingerprint density at radius 3 is 2.62 bits per heavy atom. The highest BCUT2D eigenvalue weighted by atomic mass is 32.2. The molecule has 1 aromatic rings. The zero-order chi connectivity index (χ0) is 15.9. The molecule has 1 aromatic heterocycles. The minimum Gasteiger partial charge on any atom is -0.475 e. The summed E-state index contributed by atoms with van der Waals surface area (Å²) in [6, 6.07) is 2.07. The summed E-state index contributed by atoms with van der Waals surface area (Å²) in [6.45, 7) is 0.564. The fourth-order valence-electron chi connectivity index (χ4n) is 1.33. The summed E-state index contributed by atoms with van der Waals surface area (Å²) in [4.78, 5) is 21.9. The molecule has 0 aliphatic heterocycles. The number of hydrogen-bond donors (Lipinski definition) is 3. The van der Waals surface area contributed by atoms with Crippen molar-refractivity contribution in [2.24, 2.45) is 0 Å². The van der Waals surface area contributed by atoms with Crippen LogP contribution in [0, 0.1) is 0 Å². The lowest BCUT2D eigenvalue weighted by molar-refractivity contribution is -0.121. The number of nitrogens with one attached hydrogen (secondary N) is 2. The zero-order valence-corrected chi connectivity index (χ0v) is 12.1. The van der Waals surface area contributed by atoms with Gasteiger partial charge in [0.1, 0.15) is 0 Å². The lowest BCUT2D eigenvalue weighted by atomic mass is 10.4. The summed E-state index contributed by atoms with van der Waals surface area (Å²) in [5, 5.41) is 10.7. The molecule has 0 radical (unpaired) electrons. The highest BCUT2D eigenvalue weighted by Crippen LogP contribution is 2.13. The molecule has 0 saturated carbocycles. The van der Waals surface area contributed by atoms with E-state index in [4.69, 9.17) is 9.84 Å². The summed E-state index contributed by atoms with van der Waals surface area (Å²) >= 11 is 0. The van der Waals surface area contributed by atoms with Gasteiger partial charge in [0.05, 0.1) is 6.61 Å². The molecule has 1 amide bonds. The molecule has 0 aromatic carbocycles. The molecule has 0 bridgehead atoms. The largest absolute Gasteiger partial charge is 0.475 e. The summed E-state index contributed by atoms with van der Waals surface area (Å²) in [5.41, 5.74) is 0. The lowest BCUT2D eigenvalue weighted by Gasteiger charge is -2.05. The van der Waals surface area contributed by atoms with Gasteiger partial charge >= 0.3 is 5.97 Å². The van der Waals surface area contributed by atoms with E-state index in [-0.39, 0.29) is 18.9 Å². The van der Waals surface area contributed by atoms with Gasteiger partial charge in [-0.15, -0.1) is 0 Å². The highest BCUT2D eigenvalue weighted by Gasteiger charge is 2.20. The zero-order valence-electron chi connectivity index (χ0n) is 11.3. The van der Waals surface area contributed by atoms with Gasteiger partial charge in [-0.3, -0.25) is 4.79 Å². The van der Waals surface area contributed by atoms with Crippen molar-refractivity contribution in [3.05, 3.63) is 17.9 Å².